The summed E-state index contributed by atoms with van der Waals surface area (Å²) in [6.45, 7) is 4.49. The number of hydrogen-bond donors (Lipinski definition) is 3. The third-order valence-corrected chi connectivity index (χ3v) is 9.47. The summed E-state index contributed by atoms with van der Waals surface area (Å²) in [5.41, 5.74) is -0.580. The van der Waals surface area contributed by atoms with Gasteiger partial charge in [0.1, 0.15) is 5.75 Å². The van der Waals surface area contributed by atoms with E-state index in [2.05, 4.69) is 17.6 Å². The van der Waals surface area contributed by atoms with Crippen molar-refractivity contribution in [3.05, 3.63) is 23.5 Å². The standard InChI is InChI=1S/C29H39FN2O7/c1-28(9-4-10-28)15-31-26(34)23-19-5-6-20(39-19)24(23)32-25(33)17-13-22(18(30)14-21(17)37-3)38-16-7-11-29(2,12-8-16)27(35)36/h13-14,16,19-20,23-24H,4-12,15H2,1-3H3,(H,31,34)(H,32,33)(H,35,36)/t16-,19-,20+,23+,24-,29+/m1/s1. The monoisotopic (exact) mass is 546 g/mol. The molecule has 0 unspecified atom stereocenters. The molecule has 2 aliphatic heterocycles. The van der Waals surface area contributed by atoms with E-state index in [4.69, 9.17) is 14.2 Å². The smallest absolute Gasteiger partial charge is 0.309 e. The number of halogens is 1. The second-order valence-electron chi connectivity index (χ2n) is 12.4. The lowest BCUT2D eigenvalue weighted by molar-refractivity contribution is -0.150. The molecule has 1 aromatic rings. The van der Waals surface area contributed by atoms with Crippen molar-refractivity contribution in [1.29, 1.82) is 0 Å². The zero-order valence-corrected chi connectivity index (χ0v) is 22.9. The molecule has 10 heteroatoms. The minimum Gasteiger partial charge on any atom is -0.496 e. The number of ether oxygens (including phenoxy) is 3. The molecule has 0 spiro atoms. The van der Waals surface area contributed by atoms with Crippen molar-refractivity contribution >= 4 is 17.8 Å². The lowest BCUT2D eigenvalue weighted by atomic mass is 9.70. The lowest BCUT2D eigenvalue weighted by Gasteiger charge is -2.39. The van der Waals surface area contributed by atoms with Gasteiger partial charge in [-0.25, -0.2) is 4.39 Å². The molecule has 5 rings (SSSR count). The molecule has 2 amide bonds. The summed E-state index contributed by atoms with van der Waals surface area (Å²) in [5, 5.41) is 15.5. The van der Waals surface area contributed by atoms with E-state index in [9.17, 15) is 23.9 Å². The molecule has 0 radical (unpaired) electrons. The van der Waals surface area contributed by atoms with Crippen molar-refractivity contribution in [3.8, 4) is 11.5 Å². The topological polar surface area (TPSA) is 123 Å². The molecule has 3 N–H and O–H groups in total. The van der Waals surface area contributed by atoms with Crippen molar-refractivity contribution in [1.82, 2.24) is 10.6 Å². The molecular formula is C29H39FN2O7. The number of hydrogen-bond acceptors (Lipinski definition) is 6. The fraction of sp³-hybridized carbons (Fsp3) is 0.690. The molecule has 9 nitrogen and oxygen atoms in total. The second kappa shape index (κ2) is 10.6. The van der Waals surface area contributed by atoms with E-state index in [-0.39, 0.29) is 46.7 Å². The van der Waals surface area contributed by atoms with Crippen molar-refractivity contribution in [3.63, 3.8) is 0 Å². The first-order valence-corrected chi connectivity index (χ1v) is 14.0. The number of fused-ring (bicyclic) bond motifs is 2. The molecule has 2 heterocycles. The first kappa shape index (κ1) is 27.7. The zero-order valence-electron chi connectivity index (χ0n) is 22.9. The van der Waals surface area contributed by atoms with Crippen LogP contribution in [0.25, 0.3) is 0 Å². The first-order valence-electron chi connectivity index (χ1n) is 14.0. The van der Waals surface area contributed by atoms with E-state index >= 15 is 0 Å². The van der Waals surface area contributed by atoms with Gasteiger partial charge in [0.15, 0.2) is 11.6 Å². The highest BCUT2D eigenvalue weighted by molar-refractivity contribution is 5.98. The molecule has 2 bridgehead atoms. The predicted octanol–water partition coefficient (Wildman–Crippen LogP) is 3.83. The van der Waals surface area contributed by atoms with E-state index < -0.39 is 35.1 Å². The molecular weight excluding hydrogens is 507 g/mol. The van der Waals surface area contributed by atoms with Gasteiger partial charge in [0.25, 0.3) is 5.91 Å². The number of carboxylic acids is 1. The Balaban J connectivity index is 1.28. The third-order valence-electron chi connectivity index (χ3n) is 9.47. The number of carboxylic acid groups (broad SMARTS) is 1. The largest absolute Gasteiger partial charge is 0.496 e. The Morgan fingerprint density at radius 2 is 1.74 bits per heavy atom. The number of nitrogens with one attached hydrogen (secondary N) is 2. The highest BCUT2D eigenvalue weighted by atomic mass is 19.1. The highest BCUT2D eigenvalue weighted by Gasteiger charge is 2.53. The van der Waals surface area contributed by atoms with Gasteiger partial charge in [0.2, 0.25) is 5.91 Å². The molecule has 0 aromatic heterocycles. The van der Waals surface area contributed by atoms with Crippen LogP contribution < -0.4 is 20.1 Å². The number of carbonyl (C=O) groups is 3. The van der Waals surface area contributed by atoms with Crippen LogP contribution in [0.1, 0.15) is 82.0 Å². The van der Waals surface area contributed by atoms with Crippen LogP contribution in [0.5, 0.6) is 11.5 Å². The van der Waals surface area contributed by atoms with Crippen LogP contribution >= 0.6 is 0 Å². The Morgan fingerprint density at radius 1 is 1.05 bits per heavy atom. The Labute approximate surface area is 228 Å². The van der Waals surface area contributed by atoms with E-state index in [1.54, 1.807) is 6.92 Å². The predicted molar refractivity (Wildman–Crippen MR) is 139 cm³/mol. The van der Waals surface area contributed by atoms with E-state index in [1.165, 1.54) is 19.6 Å². The maximum absolute atomic E-state index is 14.9. The maximum atomic E-state index is 14.9. The Kier molecular flexibility index (Phi) is 7.52. The highest BCUT2D eigenvalue weighted by Crippen LogP contribution is 2.42. The van der Waals surface area contributed by atoms with Gasteiger partial charge in [0, 0.05) is 12.6 Å². The average Bonchev–Trinajstić information content (AvgIpc) is 3.50. The molecule has 2 saturated heterocycles. The molecule has 39 heavy (non-hydrogen) atoms. The number of carbonyl (C=O) groups excluding carboxylic acids is 2. The SMILES string of the molecule is COc1cc(F)c(O[C@H]2CC[C@@](C)(C(=O)O)CC2)cc1C(=O)N[C@H]1[C@@H](C(=O)NCC2(C)CCC2)[C@H]2CC[C@@H]1O2. The van der Waals surface area contributed by atoms with Crippen LogP contribution in [0.3, 0.4) is 0 Å². The number of aliphatic carboxylic acids is 1. The van der Waals surface area contributed by atoms with Crippen LogP contribution in [0.15, 0.2) is 12.1 Å². The van der Waals surface area contributed by atoms with E-state index in [1.807, 2.05) is 0 Å². The summed E-state index contributed by atoms with van der Waals surface area (Å²) >= 11 is 0. The molecule has 2 aliphatic carbocycles. The zero-order chi connectivity index (χ0) is 27.9. The van der Waals surface area contributed by atoms with Crippen molar-refractivity contribution < 1.29 is 38.1 Å². The molecule has 4 fully saturated rings. The van der Waals surface area contributed by atoms with Gasteiger partial charge >= 0.3 is 5.97 Å². The summed E-state index contributed by atoms with van der Waals surface area (Å²) in [6, 6.07) is 1.95. The number of benzene rings is 1. The Morgan fingerprint density at radius 3 is 2.36 bits per heavy atom. The number of amides is 2. The Bertz CT molecular complexity index is 1130. The molecule has 214 valence electrons. The van der Waals surface area contributed by atoms with Crippen LogP contribution in [0.4, 0.5) is 4.39 Å². The summed E-state index contributed by atoms with van der Waals surface area (Å²) < 4.78 is 32.2. The second-order valence-corrected chi connectivity index (χ2v) is 12.4. The molecule has 4 atom stereocenters. The third kappa shape index (κ3) is 5.44. The van der Waals surface area contributed by atoms with Gasteiger partial charge < -0.3 is 30.0 Å². The van der Waals surface area contributed by atoms with E-state index in [0.717, 1.165) is 31.7 Å². The molecule has 4 aliphatic rings. The number of methoxy groups -OCH3 is 1. The van der Waals surface area contributed by atoms with Crippen LogP contribution in [-0.4, -0.2) is 60.9 Å². The minimum absolute atomic E-state index is 0.0578. The molecule has 1 aromatic carbocycles. The Hall–Kier alpha value is -2.88. The fourth-order valence-electron chi connectivity index (χ4n) is 6.51. The average molecular weight is 547 g/mol. The quantitative estimate of drug-likeness (QED) is 0.430. The van der Waals surface area contributed by atoms with E-state index in [0.29, 0.717) is 32.2 Å². The minimum atomic E-state index is -0.843. The van der Waals surface area contributed by atoms with Gasteiger partial charge in [-0.3, -0.25) is 14.4 Å². The summed E-state index contributed by atoms with van der Waals surface area (Å²) in [6.07, 6.45) is 5.79. The van der Waals surface area contributed by atoms with Crippen LogP contribution in [0, 0.1) is 22.6 Å². The van der Waals surface area contributed by atoms with Gasteiger partial charge in [-0.1, -0.05) is 13.3 Å². The van der Waals surface area contributed by atoms with Gasteiger partial charge in [-0.15, -0.1) is 0 Å². The summed E-state index contributed by atoms with van der Waals surface area (Å²) in [7, 11) is 1.36. The summed E-state index contributed by atoms with van der Waals surface area (Å²) in [5.74, 6) is -2.64. The fourth-order valence-corrected chi connectivity index (χ4v) is 6.51. The summed E-state index contributed by atoms with van der Waals surface area (Å²) in [4.78, 5) is 38.2. The lowest BCUT2D eigenvalue weighted by Crippen LogP contribution is -2.53. The van der Waals surface area contributed by atoms with Crippen molar-refractivity contribution in [2.45, 2.75) is 96.0 Å². The maximum Gasteiger partial charge on any atom is 0.309 e. The molecule has 2 saturated carbocycles. The van der Waals surface area contributed by atoms with Gasteiger partial charge in [-0.05, 0) is 69.8 Å². The normalized spacial score (nSPS) is 32.7. The van der Waals surface area contributed by atoms with Gasteiger partial charge in [-0.2, -0.15) is 0 Å². The van der Waals surface area contributed by atoms with Crippen LogP contribution in [-0.2, 0) is 14.3 Å². The van der Waals surface area contributed by atoms with Crippen LogP contribution in [0.2, 0.25) is 0 Å². The first-order chi connectivity index (χ1) is 18.5. The van der Waals surface area contributed by atoms with Crippen molar-refractivity contribution in [2.75, 3.05) is 13.7 Å². The number of rotatable bonds is 9. The van der Waals surface area contributed by atoms with Crippen molar-refractivity contribution in [2.24, 2.45) is 16.7 Å². The van der Waals surface area contributed by atoms with Gasteiger partial charge in [0.05, 0.1) is 48.4 Å².